The van der Waals surface area contributed by atoms with Gasteiger partial charge in [-0.2, -0.15) is 8.78 Å². The molecular weight excluding hydrogens is 519 g/mol. The molecule has 8 heteroatoms. The lowest BCUT2D eigenvalue weighted by atomic mass is 9.93. The summed E-state index contributed by atoms with van der Waals surface area (Å²) in [6.07, 6.45) is 1.04. The fourth-order valence-corrected chi connectivity index (χ4v) is 4.77. The third kappa shape index (κ3) is 5.31. The maximum Gasteiger partial charge on any atom is 0.316 e. The first kappa shape index (κ1) is 27.4. The number of hydrogen-bond acceptors (Lipinski definition) is 5. The van der Waals surface area contributed by atoms with Gasteiger partial charge in [-0.05, 0) is 67.2 Å². The van der Waals surface area contributed by atoms with Crippen molar-refractivity contribution in [1.82, 2.24) is 5.16 Å². The molecule has 5 rings (SSSR count). The van der Waals surface area contributed by atoms with Crippen LogP contribution in [0.25, 0.3) is 28.5 Å². The van der Waals surface area contributed by atoms with Gasteiger partial charge < -0.3 is 14.4 Å². The van der Waals surface area contributed by atoms with Crippen LogP contribution >= 0.6 is 0 Å². The van der Waals surface area contributed by atoms with Gasteiger partial charge in [-0.1, -0.05) is 71.9 Å². The molecule has 1 atom stereocenters. The van der Waals surface area contributed by atoms with E-state index in [1.165, 1.54) is 31.2 Å². The molecule has 5 nitrogen and oxygen atoms in total. The number of aliphatic hydroxyl groups is 1. The Balaban J connectivity index is 1.35. The molecule has 0 bridgehead atoms. The summed E-state index contributed by atoms with van der Waals surface area (Å²) in [6, 6.07) is 19.9. The van der Waals surface area contributed by atoms with Gasteiger partial charge >= 0.3 is 5.97 Å². The van der Waals surface area contributed by atoms with Gasteiger partial charge in [0.2, 0.25) is 0 Å². The van der Waals surface area contributed by atoms with Gasteiger partial charge in [-0.25, -0.2) is 4.39 Å². The second kappa shape index (κ2) is 10.8. The summed E-state index contributed by atoms with van der Waals surface area (Å²) in [4.78, 5) is 12.4. The van der Waals surface area contributed by atoms with Crippen LogP contribution in [0.1, 0.15) is 48.3 Å². The number of hydrogen-bond donors (Lipinski definition) is 1. The first-order valence-electron chi connectivity index (χ1n) is 13.0. The molecule has 1 aliphatic carbocycles. The lowest BCUT2D eigenvalue weighted by molar-refractivity contribution is -0.146. The Labute approximate surface area is 229 Å². The Bertz CT molecular complexity index is 1520. The summed E-state index contributed by atoms with van der Waals surface area (Å²) >= 11 is 0. The molecule has 1 N–H and O–H groups in total. The Hall–Kier alpha value is -4.17. The van der Waals surface area contributed by atoms with Crippen molar-refractivity contribution in [3.63, 3.8) is 0 Å². The molecule has 40 heavy (non-hydrogen) atoms. The van der Waals surface area contributed by atoms with E-state index in [0.29, 0.717) is 23.8 Å². The molecule has 0 amide bonds. The highest BCUT2D eigenvalue weighted by Gasteiger charge is 2.52. The van der Waals surface area contributed by atoms with Crippen LogP contribution in [0.5, 0.6) is 0 Å². The Morgan fingerprint density at radius 1 is 1.02 bits per heavy atom. The third-order valence-electron chi connectivity index (χ3n) is 7.25. The smallest absolute Gasteiger partial charge is 0.316 e. The van der Waals surface area contributed by atoms with Crippen LogP contribution in [-0.2, 0) is 14.9 Å². The van der Waals surface area contributed by atoms with Crippen molar-refractivity contribution in [3.8, 4) is 22.5 Å². The van der Waals surface area contributed by atoms with Crippen molar-refractivity contribution in [3.05, 3.63) is 107 Å². The maximum atomic E-state index is 15.0. The molecule has 1 heterocycles. The second-order valence-electron chi connectivity index (χ2n) is 9.93. The number of benzene rings is 3. The Morgan fingerprint density at radius 3 is 2.17 bits per heavy atom. The predicted octanol–water partition coefficient (Wildman–Crippen LogP) is 7.43. The molecule has 1 aliphatic rings. The van der Waals surface area contributed by atoms with Crippen molar-refractivity contribution in [2.75, 3.05) is 6.61 Å². The van der Waals surface area contributed by atoms with Crippen molar-refractivity contribution >= 4 is 12.0 Å². The van der Waals surface area contributed by atoms with Gasteiger partial charge in [0.25, 0.3) is 5.92 Å². The predicted molar refractivity (Wildman–Crippen MR) is 145 cm³/mol. The van der Waals surface area contributed by atoms with Crippen LogP contribution in [0.4, 0.5) is 13.2 Å². The van der Waals surface area contributed by atoms with Crippen molar-refractivity contribution in [1.29, 1.82) is 0 Å². The fraction of sp³-hybridized carbons (Fsp3) is 0.250. The highest BCUT2D eigenvalue weighted by Crippen LogP contribution is 2.49. The average Bonchev–Trinajstić information content (AvgIpc) is 3.69. The summed E-state index contributed by atoms with van der Waals surface area (Å²) in [5.41, 5.74) is 3.06. The quantitative estimate of drug-likeness (QED) is 0.221. The number of ether oxygens (including phenoxy) is 1. The van der Waals surface area contributed by atoms with Crippen LogP contribution in [0.15, 0.2) is 83.4 Å². The molecule has 1 aromatic heterocycles. The number of aryl methyl sites for hydroxylation is 1. The highest BCUT2D eigenvalue weighted by molar-refractivity contribution is 5.87. The minimum Gasteiger partial charge on any atom is -0.465 e. The minimum atomic E-state index is -3.65. The van der Waals surface area contributed by atoms with Crippen LogP contribution in [0.3, 0.4) is 0 Å². The number of nitrogens with zero attached hydrogens (tertiary/aromatic N) is 1. The average molecular weight is 548 g/mol. The van der Waals surface area contributed by atoms with Gasteiger partial charge in [0.1, 0.15) is 5.82 Å². The summed E-state index contributed by atoms with van der Waals surface area (Å²) in [7, 11) is 0. The molecule has 1 saturated carbocycles. The molecule has 4 aromatic rings. The van der Waals surface area contributed by atoms with E-state index in [2.05, 4.69) is 5.16 Å². The molecule has 0 spiro atoms. The summed E-state index contributed by atoms with van der Waals surface area (Å²) in [6.45, 7) is 3.63. The lowest BCUT2D eigenvalue weighted by Crippen LogP contribution is -2.24. The summed E-state index contributed by atoms with van der Waals surface area (Å²) < 4.78 is 53.8. The number of carbonyl (C=O) groups is 1. The fourth-order valence-electron chi connectivity index (χ4n) is 4.77. The van der Waals surface area contributed by atoms with Gasteiger partial charge in [0, 0.05) is 5.56 Å². The van der Waals surface area contributed by atoms with E-state index in [0.717, 1.165) is 35.6 Å². The zero-order valence-electron chi connectivity index (χ0n) is 22.0. The maximum absolute atomic E-state index is 15.0. The molecular formula is C32H28F3NO4. The second-order valence-corrected chi connectivity index (χ2v) is 9.93. The van der Waals surface area contributed by atoms with E-state index in [1.54, 1.807) is 19.1 Å². The van der Waals surface area contributed by atoms with Crippen molar-refractivity contribution in [2.24, 2.45) is 0 Å². The third-order valence-corrected chi connectivity index (χ3v) is 7.25. The molecule has 3 aromatic carbocycles. The van der Waals surface area contributed by atoms with Gasteiger partial charge in [-0.3, -0.25) is 4.79 Å². The lowest BCUT2D eigenvalue weighted by Gasteiger charge is -2.19. The normalized spacial score (nSPS) is 15.2. The zero-order chi connectivity index (χ0) is 28.5. The molecule has 0 saturated heterocycles. The van der Waals surface area contributed by atoms with Crippen molar-refractivity contribution < 1.29 is 32.3 Å². The minimum absolute atomic E-state index is 0.0480. The Morgan fingerprint density at radius 2 is 1.60 bits per heavy atom. The first-order chi connectivity index (χ1) is 19.1. The monoisotopic (exact) mass is 547 g/mol. The first-order valence-corrected chi connectivity index (χ1v) is 13.0. The molecule has 1 unspecified atom stereocenters. The van der Waals surface area contributed by atoms with Crippen LogP contribution < -0.4 is 0 Å². The van der Waals surface area contributed by atoms with E-state index in [4.69, 9.17) is 9.26 Å². The topological polar surface area (TPSA) is 72.6 Å². The summed E-state index contributed by atoms with van der Waals surface area (Å²) in [5.74, 6) is -4.27. The molecule has 0 radical (unpaired) electrons. The summed E-state index contributed by atoms with van der Waals surface area (Å²) in [5, 5.41) is 14.5. The SMILES string of the molecule is CCOC(=O)C1(c2ccc(-c3ccc(-c4onc(C)c4C(O)C(F)(F)C=Cc4ccc(F)cc4)cc3)cc2)CC1. The number of alkyl halides is 2. The Kier molecular flexibility index (Phi) is 7.38. The van der Waals surface area contributed by atoms with Gasteiger partial charge in [-0.15, -0.1) is 0 Å². The number of esters is 1. The number of carbonyl (C=O) groups excluding carboxylic acids is 1. The number of aromatic nitrogens is 1. The van der Waals surface area contributed by atoms with Crippen molar-refractivity contribution in [2.45, 2.75) is 44.1 Å². The van der Waals surface area contributed by atoms with E-state index in [-0.39, 0.29) is 23.0 Å². The van der Waals surface area contributed by atoms with E-state index >= 15 is 8.78 Å². The number of aliphatic hydroxyl groups excluding tert-OH is 1. The standard InChI is InChI=1S/C32H28F3NO4/c1-3-39-30(38)31(18-19-31)25-12-10-23(11-13-25)22-6-8-24(9-7-22)28-27(20(2)36-40-28)29(37)32(34,35)17-16-21-4-14-26(33)15-5-21/h4-17,29,37H,3,18-19H2,1-2H3. The van der Waals surface area contributed by atoms with Gasteiger partial charge in [0.15, 0.2) is 11.9 Å². The largest absolute Gasteiger partial charge is 0.465 e. The van der Waals surface area contributed by atoms with Crippen LogP contribution in [0, 0.1) is 12.7 Å². The highest BCUT2D eigenvalue weighted by atomic mass is 19.3. The van der Waals surface area contributed by atoms with E-state index < -0.39 is 23.3 Å². The molecule has 1 fully saturated rings. The van der Waals surface area contributed by atoms with E-state index in [9.17, 15) is 14.3 Å². The van der Waals surface area contributed by atoms with E-state index in [1.807, 2.05) is 36.4 Å². The van der Waals surface area contributed by atoms with Gasteiger partial charge in [0.05, 0.1) is 23.3 Å². The zero-order valence-corrected chi connectivity index (χ0v) is 22.0. The van der Waals surface area contributed by atoms with Crippen LogP contribution in [0.2, 0.25) is 0 Å². The molecule has 206 valence electrons. The van der Waals surface area contributed by atoms with Crippen LogP contribution in [-0.4, -0.2) is 28.8 Å². The molecule has 0 aliphatic heterocycles. The number of halogens is 3. The number of rotatable bonds is 9.